The van der Waals surface area contributed by atoms with E-state index in [1.165, 1.54) is 51.2 Å². The molecule has 2 fully saturated rings. The molecule has 6 rings (SSSR count). The molecule has 2 aliphatic heterocycles. The van der Waals surface area contributed by atoms with E-state index < -0.39 is 24.1 Å². The predicted molar refractivity (Wildman–Crippen MR) is 170 cm³/mol. The Balaban J connectivity index is 1.23. The number of hydrogen-bond donors (Lipinski definition) is 1. The maximum Gasteiger partial charge on any atom is 0.331 e. The van der Waals surface area contributed by atoms with Gasteiger partial charge in [0.2, 0.25) is 5.75 Å². The van der Waals surface area contributed by atoms with Crippen LogP contribution >= 0.6 is 0 Å². The summed E-state index contributed by atoms with van der Waals surface area (Å²) in [5, 5.41) is 1.21. The average molecular weight is 635 g/mol. The molecule has 3 heterocycles. The topological polar surface area (TPSA) is 118 Å². The molecule has 3 aliphatic rings. The SMILES string of the molecule is COC(=O)[C@H]1[C@H]2CC3c4[nH]c5cc(OC)ccc5c4CCN3C[C@H]2C[C@@H](OC(=O)/C=C/c2cc(OC)c(OC)c(OC)c2)[C@@H]1OC. The van der Waals surface area contributed by atoms with E-state index in [-0.39, 0.29) is 23.8 Å². The van der Waals surface area contributed by atoms with Crippen molar-refractivity contribution < 1.29 is 42.7 Å². The summed E-state index contributed by atoms with van der Waals surface area (Å²) in [5.74, 6) is 0.873. The summed E-state index contributed by atoms with van der Waals surface area (Å²) >= 11 is 0. The minimum absolute atomic E-state index is 0.00438. The van der Waals surface area contributed by atoms with Crippen molar-refractivity contribution in [3.63, 3.8) is 0 Å². The average Bonchev–Trinajstić information content (AvgIpc) is 3.46. The number of aromatic nitrogens is 1. The Morgan fingerprint density at radius 2 is 1.70 bits per heavy atom. The van der Waals surface area contributed by atoms with Crippen LogP contribution < -0.4 is 18.9 Å². The van der Waals surface area contributed by atoms with Gasteiger partial charge < -0.3 is 38.1 Å². The Morgan fingerprint density at radius 3 is 2.35 bits per heavy atom. The number of hydrogen-bond acceptors (Lipinski definition) is 10. The Bertz CT molecular complexity index is 1610. The van der Waals surface area contributed by atoms with Crippen LogP contribution in [0.4, 0.5) is 0 Å². The summed E-state index contributed by atoms with van der Waals surface area (Å²) < 4.78 is 39.0. The quantitative estimate of drug-likeness (QED) is 0.265. The Morgan fingerprint density at radius 1 is 0.935 bits per heavy atom. The molecule has 0 amide bonds. The summed E-state index contributed by atoms with van der Waals surface area (Å²) in [5.41, 5.74) is 4.26. The third-order valence-corrected chi connectivity index (χ3v) is 9.97. The maximum absolute atomic E-state index is 13.4. The van der Waals surface area contributed by atoms with Crippen molar-refractivity contribution in [1.29, 1.82) is 0 Å². The smallest absolute Gasteiger partial charge is 0.331 e. The van der Waals surface area contributed by atoms with Crippen molar-refractivity contribution in [3.8, 4) is 23.0 Å². The van der Waals surface area contributed by atoms with Crippen LogP contribution in [0.5, 0.6) is 23.0 Å². The molecule has 11 heteroatoms. The number of methoxy groups -OCH3 is 6. The fraction of sp³-hybridized carbons (Fsp3) is 0.486. The van der Waals surface area contributed by atoms with Gasteiger partial charge in [0, 0.05) is 48.9 Å². The van der Waals surface area contributed by atoms with Crippen molar-refractivity contribution in [2.24, 2.45) is 17.8 Å². The highest BCUT2D eigenvalue weighted by molar-refractivity contribution is 5.88. The summed E-state index contributed by atoms with van der Waals surface area (Å²) in [6.07, 6.45) is 4.01. The molecule has 1 saturated heterocycles. The molecule has 0 radical (unpaired) electrons. The fourth-order valence-corrected chi connectivity index (χ4v) is 7.91. The summed E-state index contributed by atoms with van der Waals surface area (Å²) in [7, 11) is 9.24. The second-order valence-corrected chi connectivity index (χ2v) is 12.1. The Labute approximate surface area is 268 Å². The molecule has 11 nitrogen and oxygen atoms in total. The number of fused-ring (bicyclic) bond motifs is 6. The number of piperidine rings is 1. The predicted octanol–water partition coefficient (Wildman–Crippen LogP) is 4.57. The van der Waals surface area contributed by atoms with E-state index in [0.717, 1.165) is 37.2 Å². The first-order valence-electron chi connectivity index (χ1n) is 15.6. The number of nitrogens with one attached hydrogen (secondary N) is 1. The summed E-state index contributed by atoms with van der Waals surface area (Å²) in [4.78, 5) is 32.8. The molecule has 1 aliphatic carbocycles. The van der Waals surface area contributed by atoms with Gasteiger partial charge in [-0.3, -0.25) is 9.69 Å². The van der Waals surface area contributed by atoms with Crippen LogP contribution in [-0.2, 0) is 30.2 Å². The molecule has 6 atom stereocenters. The van der Waals surface area contributed by atoms with Crippen LogP contribution in [0, 0.1) is 17.8 Å². The largest absolute Gasteiger partial charge is 0.497 e. The van der Waals surface area contributed by atoms with E-state index in [9.17, 15) is 9.59 Å². The third kappa shape index (κ3) is 5.66. The highest BCUT2D eigenvalue weighted by Gasteiger charge is 2.54. The number of nitrogens with zero attached hydrogens (tertiary/aromatic N) is 1. The normalized spacial score (nSPS) is 25.7. The minimum Gasteiger partial charge on any atom is -0.497 e. The van der Waals surface area contributed by atoms with Gasteiger partial charge in [0.1, 0.15) is 18.0 Å². The van der Waals surface area contributed by atoms with Crippen LogP contribution in [0.15, 0.2) is 36.4 Å². The van der Waals surface area contributed by atoms with Gasteiger partial charge in [-0.25, -0.2) is 4.79 Å². The molecular formula is C35H42N2O9. The molecule has 0 bridgehead atoms. The number of benzene rings is 2. The lowest BCUT2D eigenvalue weighted by Gasteiger charge is -2.52. The monoisotopic (exact) mass is 634 g/mol. The fourth-order valence-electron chi connectivity index (χ4n) is 7.91. The molecule has 1 saturated carbocycles. The number of H-pyrrole nitrogens is 1. The van der Waals surface area contributed by atoms with Crippen molar-refractivity contribution in [2.75, 3.05) is 55.7 Å². The Hall–Kier alpha value is -4.22. The van der Waals surface area contributed by atoms with Gasteiger partial charge in [0.05, 0.1) is 47.5 Å². The first kappa shape index (κ1) is 31.7. The van der Waals surface area contributed by atoms with Gasteiger partial charge in [-0.1, -0.05) is 0 Å². The zero-order valence-corrected chi connectivity index (χ0v) is 27.2. The van der Waals surface area contributed by atoms with Crippen molar-refractivity contribution in [3.05, 3.63) is 53.2 Å². The molecule has 46 heavy (non-hydrogen) atoms. The van der Waals surface area contributed by atoms with Crippen molar-refractivity contribution in [2.45, 2.75) is 37.5 Å². The van der Waals surface area contributed by atoms with Gasteiger partial charge in [-0.2, -0.15) is 0 Å². The van der Waals surface area contributed by atoms with Crippen molar-refractivity contribution in [1.82, 2.24) is 9.88 Å². The van der Waals surface area contributed by atoms with E-state index in [2.05, 4.69) is 16.0 Å². The second kappa shape index (κ2) is 13.3. The van der Waals surface area contributed by atoms with Gasteiger partial charge in [-0.05, 0) is 72.6 Å². The van der Waals surface area contributed by atoms with Gasteiger partial charge in [0.25, 0.3) is 0 Å². The lowest BCUT2D eigenvalue weighted by molar-refractivity contribution is -0.187. The van der Waals surface area contributed by atoms with E-state index in [1.54, 1.807) is 32.4 Å². The second-order valence-electron chi connectivity index (χ2n) is 12.1. The molecule has 3 aromatic rings. The van der Waals surface area contributed by atoms with Crippen LogP contribution in [0.3, 0.4) is 0 Å². The third-order valence-electron chi connectivity index (χ3n) is 9.97. The highest BCUT2D eigenvalue weighted by Crippen LogP contribution is 2.50. The van der Waals surface area contributed by atoms with Gasteiger partial charge in [-0.15, -0.1) is 0 Å². The number of ether oxygens (including phenoxy) is 7. The standard InChI is InChI=1S/C35H42N2O9/c1-40-21-8-9-22-23-11-12-37-18-20-15-29(46-30(38)10-7-19-13-27(41-2)33(43-4)28(14-19)42-3)34(44-5)31(35(39)45-6)24(20)17-26(37)32(23)36-25(22)16-21/h7-10,13-14,16,20,24,26,29,31,34,36H,11-12,15,17-18H2,1-6H3/b10-7+/t20-,24+,26?,29-,31+,34+/m1/s1. The summed E-state index contributed by atoms with van der Waals surface area (Å²) in [6.45, 7) is 1.70. The number of carbonyl (C=O) groups excluding carboxylic acids is 2. The van der Waals surface area contributed by atoms with Crippen LogP contribution in [-0.4, -0.2) is 89.8 Å². The zero-order valence-electron chi connectivity index (χ0n) is 27.2. The summed E-state index contributed by atoms with van der Waals surface area (Å²) in [6, 6.07) is 9.78. The van der Waals surface area contributed by atoms with Gasteiger partial charge >= 0.3 is 11.9 Å². The molecule has 246 valence electrons. The molecule has 2 aromatic carbocycles. The lowest BCUT2D eigenvalue weighted by Crippen LogP contribution is -2.58. The van der Waals surface area contributed by atoms with E-state index in [0.29, 0.717) is 29.2 Å². The Kier molecular flexibility index (Phi) is 9.15. The minimum atomic E-state index is -0.645. The molecular weight excluding hydrogens is 592 g/mol. The van der Waals surface area contributed by atoms with Crippen LogP contribution in [0.2, 0.25) is 0 Å². The number of esters is 2. The molecule has 1 unspecified atom stereocenters. The molecule has 0 spiro atoms. The van der Waals surface area contributed by atoms with Crippen LogP contribution in [0.1, 0.15) is 35.7 Å². The lowest BCUT2D eigenvalue weighted by atomic mass is 9.63. The molecule has 1 aromatic heterocycles. The van der Waals surface area contributed by atoms with E-state index in [1.807, 2.05) is 12.1 Å². The van der Waals surface area contributed by atoms with E-state index >= 15 is 0 Å². The van der Waals surface area contributed by atoms with Gasteiger partial charge in [0.15, 0.2) is 11.5 Å². The van der Waals surface area contributed by atoms with E-state index in [4.69, 9.17) is 33.2 Å². The zero-order chi connectivity index (χ0) is 32.5. The highest BCUT2D eigenvalue weighted by atomic mass is 16.6. The van der Waals surface area contributed by atoms with Crippen LogP contribution in [0.25, 0.3) is 17.0 Å². The maximum atomic E-state index is 13.4. The number of carbonyl (C=O) groups is 2. The number of aromatic amines is 1. The molecule has 1 N–H and O–H groups in total. The van der Waals surface area contributed by atoms with Crippen molar-refractivity contribution >= 4 is 28.9 Å². The number of rotatable bonds is 9. The first-order chi connectivity index (χ1) is 22.3. The first-order valence-corrected chi connectivity index (χ1v) is 15.6.